The normalized spacial score (nSPS) is 17.5. The maximum Gasteiger partial charge on any atom is 0.131 e. The molecule has 1 aliphatic rings. The Labute approximate surface area is 114 Å². The lowest BCUT2D eigenvalue weighted by Gasteiger charge is -2.11. The monoisotopic (exact) mass is 307 g/mol. The highest BCUT2D eigenvalue weighted by atomic mass is 79.9. The summed E-state index contributed by atoms with van der Waals surface area (Å²) in [6, 6.07) is 10.1. The van der Waals surface area contributed by atoms with Crippen LogP contribution in [0.25, 0.3) is 0 Å². The molecule has 1 aromatic heterocycles. The molecule has 3 nitrogen and oxygen atoms in total. The van der Waals surface area contributed by atoms with Gasteiger partial charge in [-0.1, -0.05) is 18.2 Å². The van der Waals surface area contributed by atoms with Gasteiger partial charge in [-0.3, -0.25) is 0 Å². The van der Waals surface area contributed by atoms with Gasteiger partial charge in [-0.05, 0) is 33.6 Å². The number of halogens is 1. The fourth-order valence-electron chi connectivity index (χ4n) is 2.17. The van der Waals surface area contributed by atoms with Crippen molar-refractivity contribution in [3.8, 4) is 5.75 Å². The van der Waals surface area contributed by atoms with Gasteiger partial charge in [0.2, 0.25) is 0 Å². The van der Waals surface area contributed by atoms with E-state index in [1.54, 1.807) is 6.26 Å². The first-order valence-corrected chi connectivity index (χ1v) is 6.79. The first-order chi connectivity index (χ1) is 8.83. The second-order valence-electron chi connectivity index (χ2n) is 4.37. The van der Waals surface area contributed by atoms with Gasteiger partial charge in [-0.2, -0.15) is 0 Å². The molecule has 1 unspecified atom stereocenters. The number of para-hydroxylation sites is 1. The van der Waals surface area contributed by atoms with Crippen LogP contribution < -0.4 is 10.1 Å². The van der Waals surface area contributed by atoms with Gasteiger partial charge in [-0.15, -0.1) is 0 Å². The van der Waals surface area contributed by atoms with Crippen LogP contribution >= 0.6 is 15.9 Å². The highest BCUT2D eigenvalue weighted by Crippen LogP contribution is 2.27. The molecular weight excluding hydrogens is 294 g/mol. The molecule has 3 rings (SSSR count). The zero-order valence-electron chi connectivity index (χ0n) is 9.86. The molecule has 0 fully saturated rings. The molecule has 1 N–H and O–H groups in total. The average molecular weight is 308 g/mol. The van der Waals surface area contributed by atoms with Crippen LogP contribution in [0.1, 0.15) is 11.3 Å². The summed E-state index contributed by atoms with van der Waals surface area (Å²) in [5, 5.41) is 3.36. The van der Waals surface area contributed by atoms with E-state index in [-0.39, 0.29) is 6.10 Å². The average Bonchev–Trinajstić information content (AvgIpc) is 2.96. The zero-order valence-corrected chi connectivity index (χ0v) is 11.4. The quantitative estimate of drug-likeness (QED) is 0.942. The molecule has 2 heterocycles. The second-order valence-corrected chi connectivity index (χ2v) is 5.23. The van der Waals surface area contributed by atoms with Crippen molar-refractivity contribution in [2.45, 2.75) is 19.1 Å². The Morgan fingerprint density at radius 1 is 1.28 bits per heavy atom. The summed E-state index contributed by atoms with van der Waals surface area (Å²) in [5.41, 5.74) is 1.29. The van der Waals surface area contributed by atoms with Crippen LogP contribution in [0.3, 0.4) is 0 Å². The van der Waals surface area contributed by atoms with Gasteiger partial charge in [0.25, 0.3) is 0 Å². The molecule has 0 aliphatic carbocycles. The van der Waals surface area contributed by atoms with E-state index in [9.17, 15) is 0 Å². The summed E-state index contributed by atoms with van der Waals surface area (Å²) in [5.74, 6) is 1.94. The van der Waals surface area contributed by atoms with E-state index in [2.05, 4.69) is 33.4 Å². The zero-order chi connectivity index (χ0) is 12.4. The van der Waals surface area contributed by atoms with Crippen molar-refractivity contribution in [1.82, 2.24) is 5.32 Å². The Bertz CT molecular complexity index is 513. The van der Waals surface area contributed by atoms with E-state index in [1.807, 2.05) is 18.2 Å². The fraction of sp³-hybridized carbons (Fsp3) is 0.286. The van der Waals surface area contributed by atoms with E-state index in [4.69, 9.17) is 9.15 Å². The van der Waals surface area contributed by atoms with Crippen molar-refractivity contribution in [3.63, 3.8) is 0 Å². The summed E-state index contributed by atoms with van der Waals surface area (Å²) in [6.45, 7) is 1.53. The molecule has 1 aromatic carbocycles. The predicted octanol–water partition coefficient (Wildman–Crippen LogP) is 3.14. The van der Waals surface area contributed by atoms with Gasteiger partial charge in [0.15, 0.2) is 0 Å². The fourth-order valence-corrected chi connectivity index (χ4v) is 2.51. The third kappa shape index (κ3) is 2.44. The number of ether oxygens (including phenoxy) is 1. The third-order valence-corrected chi connectivity index (χ3v) is 3.77. The summed E-state index contributed by atoms with van der Waals surface area (Å²) in [6.07, 6.45) is 2.88. The molecular formula is C14H14BrNO2. The van der Waals surface area contributed by atoms with Crippen LogP contribution in [0.15, 0.2) is 45.5 Å². The SMILES string of the molecule is Brc1ccoc1CNCC1Cc2ccccc2O1. The number of hydrogen-bond acceptors (Lipinski definition) is 3. The minimum absolute atomic E-state index is 0.219. The Hall–Kier alpha value is -1.26. The van der Waals surface area contributed by atoms with Gasteiger partial charge >= 0.3 is 0 Å². The number of rotatable bonds is 4. The van der Waals surface area contributed by atoms with E-state index in [0.29, 0.717) is 6.54 Å². The lowest BCUT2D eigenvalue weighted by atomic mass is 10.1. The smallest absolute Gasteiger partial charge is 0.131 e. The number of hydrogen-bond donors (Lipinski definition) is 1. The summed E-state index contributed by atoms with van der Waals surface area (Å²) < 4.78 is 12.2. The Balaban J connectivity index is 1.50. The van der Waals surface area contributed by atoms with E-state index in [1.165, 1.54) is 5.56 Å². The van der Waals surface area contributed by atoms with Crippen LogP contribution in [-0.2, 0) is 13.0 Å². The predicted molar refractivity (Wildman–Crippen MR) is 72.7 cm³/mol. The van der Waals surface area contributed by atoms with E-state index >= 15 is 0 Å². The van der Waals surface area contributed by atoms with Gasteiger partial charge < -0.3 is 14.5 Å². The van der Waals surface area contributed by atoms with Crippen LogP contribution in [0.5, 0.6) is 5.75 Å². The molecule has 1 atom stereocenters. The summed E-state index contributed by atoms with van der Waals surface area (Å²) in [7, 11) is 0. The largest absolute Gasteiger partial charge is 0.488 e. The molecule has 0 bridgehead atoms. The molecule has 1 aliphatic heterocycles. The molecule has 4 heteroatoms. The van der Waals surface area contributed by atoms with Crippen LogP contribution in [0, 0.1) is 0 Å². The molecule has 0 spiro atoms. The van der Waals surface area contributed by atoms with E-state index in [0.717, 1.165) is 28.9 Å². The van der Waals surface area contributed by atoms with Crippen molar-refractivity contribution >= 4 is 15.9 Å². The van der Waals surface area contributed by atoms with Gasteiger partial charge in [0.1, 0.15) is 17.6 Å². The van der Waals surface area contributed by atoms with E-state index < -0.39 is 0 Å². The summed E-state index contributed by atoms with van der Waals surface area (Å²) >= 11 is 3.44. The molecule has 18 heavy (non-hydrogen) atoms. The standard InChI is InChI=1S/C14H14BrNO2/c15-12-5-6-17-14(12)9-16-8-11-7-10-3-1-2-4-13(10)18-11/h1-6,11,16H,7-9H2. The van der Waals surface area contributed by atoms with Crippen LogP contribution in [-0.4, -0.2) is 12.6 Å². The first kappa shape index (κ1) is 11.8. The van der Waals surface area contributed by atoms with Crippen molar-refractivity contribution in [1.29, 1.82) is 0 Å². The maximum absolute atomic E-state index is 5.85. The van der Waals surface area contributed by atoms with Crippen molar-refractivity contribution in [2.75, 3.05) is 6.54 Å². The maximum atomic E-state index is 5.85. The minimum Gasteiger partial charge on any atom is -0.488 e. The lowest BCUT2D eigenvalue weighted by molar-refractivity contribution is 0.226. The molecule has 0 radical (unpaired) electrons. The first-order valence-electron chi connectivity index (χ1n) is 6.00. The van der Waals surface area contributed by atoms with Crippen molar-refractivity contribution in [2.24, 2.45) is 0 Å². The van der Waals surface area contributed by atoms with Gasteiger partial charge in [0.05, 0.1) is 17.3 Å². The highest BCUT2D eigenvalue weighted by Gasteiger charge is 2.21. The molecule has 0 saturated carbocycles. The molecule has 0 saturated heterocycles. The molecule has 94 valence electrons. The minimum atomic E-state index is 0.219. The topological polar surface area (TPSA) is 34.4 Å². The Morgan fingerprint density at radius 2 is 2.17 bits per heavy atom. The molecule has 2 aromatic rings. The summed E-state index contributed by atoms with van der Waals surface area (Å²) in [4.78, 5) is 0. The third-order valence-electron chi connectivity index (χ3n) is 3.06. The van der Waals surface area contributed by atoms with Gasteiger partial charge in [0, 0.05) is 13.0 Å². The number of nitrogens with one attached hydrogen (secondary N) is 1. The Morgan fingerprint density at radius 3 is 2.94 bits per heavy atom. The van der Waals surface area contributed by atoms with Crippen molar-refractivity contribution < 1.29 is 9.15 Å². The lowest BCUT2D eigenvalue weighted by Crippen LogP contribution is -2.29. The van der Waals surface area contributed by atoms with Crippen molar-refractivity contribution in [3.05, 3.63) is 52.4 Å². The Kier molecular flexibility index (Phi) is 3.39. The number of furan rings is 1. The number of fused-ring (bicyclic) bond motifs is 1. The van der Waals surface area contributed by atoms with Crippen LogP contribution in [0.2, 0.25) is 0 Å². The van der Waals surface area contributed by atoms with Crippen LogP contribution in [0.4, 0.5) is 0 Å². The number of benzene rings is 1. The van der Waals surface area contributed by atoms with Gasteiger partial charge in [-0.25, -0.2) is 0 Å². The highest BCUT2D eigenvalue weighted by molar-refractivity contribution is 9.10. The molecule has 0 amide bonds. The second kappa shape index (κ2) is 5.16.